The van der Waals surface area contributed by atoms with Crippen molar-refractivity contribution in [3.8, 4) is 5.75 Å². The molecular weight excluding hydrogens is 520 g/mol. The zero-order chi connectivity index (χ0) is 28.6. The number of nitrogens with one attached hydrogen (secondary N) is 1. The van der Waals surface area contributed by atoms with Crippen LogP contribution in [-0.4, -0.2) is 47.6 Å². The van der Waals surface area contributed by atoms with Gasteiger partial charge in [0.15, 0.2) is 11.4 Å². The third-order valence-electron chi connectivity index (χ3n) is 7.67. The van der Waals surface area contributed by atoms with Crippen molar-refractivity contribution in [1.82, 2.24) is 14.8 Å². The van der Waals surface area contributed by atoms with Crippen molar-refractivity contribution in [1.29, 1.82) is 0 Å². The lowest BCUT2D eigenvalue weighted by atomic mass is 10.0. The van der Waals surface area contributed by atoms with Gasteiger partial charge in [0, 0.05) is 50.0 Å². The predicted molar refractivity (Wildman–Crippen MR) is 143 cm³/mol. The maximum atomic E-state index is 14.2. The van der Waals surface area contributed by atoms with E-state index in [9.17, 15) is 23.2 Å². The Balaban J connectivity index is 1.58. The zero-order valence-electron chi connectivity index (χ0n) is 22.6. The van der Waals surface area contributed by atoms with Crippen molar-refractivity contribution in [2.45, 2.75) is 45.0 Å². The molecule has 8 nitrogen and oxygen atoms in total. The number of amides is 2. The third kappa shape index (κ3) is 4.99. The highest BCUT2D eigenvalue weighted by Gasteiger charge is 2.61. The van der Waals surface area contributed by atoms with Crippen LogP contribution in [0.4, 0.5) is 8.78 Å². The summed E-state index contributed by atoms with van der Waals surface area (Å²) in [4.78, 5) is 42.6. The van der Waals surface area contributed by atoms with Crippen LogP contribution in [0.3, 0.4) is 0 Å². The molecule has 0 saturated heterocycles. The number of aromatic nitrogens is 1. The number of hydrogen-bond donors (Lipinski definition) is 1. The molecular formula is C30H31F2N3O5. The predicted octanol–water partition coefficient (Wildman–Crippen LogP) is 3.86. The van der Waals surface area contributed by atoms with Crippen LogP contribution in [0.15, 0.2) is 59.5 Å². The normalized spacial score (nSPS) is 19.6. The number of fused-ring (bicyclic) bond motifs is 2. The average Bonchev–Trinajstić information content (AvgIpc) is 3.62. The minimum Gasteiger partial charge on any atom is -0.483 e. The van der Waals surface area contributed by atoms with Crippen LogP contribution in [0.5, 0.6) is 5.75 Å². The van der Waals surface area contributed by atoms with Gasteiger partial charge in [0.1, 0.15) is 23.8 Å². The number of carbonyl (C=O) groups excluding carboxylic acids is 2. The van der Waals surface area contributed by atoms with Crippen LogP contribution in [-0.2, 0) is 23.4 Å². The standard InChI is InChI=1S/C30H31F2N3O5/c1-18(2)34-17-30(12-21(30)16-39-3)35-14-23(28(37)33-13-20-9-10-22(31)11-24(20)32)26(36)27(25(35)29(34)38)40-15-19-7-5-4-6-8-19/h4-11,14,18,21H,12-13,15-17H2,1-3H3,(H,33,37)/t21-,30+/m1/s1. The first-order valence-electron chi connectivity index (χ1n) is 13.1. The summed E-state index contributed by atoms with van der Waals surface area (Å²) in [6, 6.07) is 12.1. The molecule has 1 aliphatic carbocycles. The van der Waals surface area contributed by atoms with E-state index < -0.39 is 28.5 Å². The first kappa shape index (κ1) is 27.5. The summed E-state index contributed by atoms with van der Waals surface area (Å²) < 4.78 is 40.7. The second kappa shape index (κ2) is 10.8. The van der Waals surface area contributed by atoms with Gasteiger partial charge >= 0.3 is 0 Å². The summed E-state index contributed by atoms with van der Waals surface area (Å²) in [7, 11) is 1.61. The summed E-state index contributed by atoms with van der Waals surface area (Å²) in [5.74, 6) is -2.81. The Kier molecular flexibility index (Phi) is 7.46. The van der Waals surface area contributed by atoms with Crippen molar-refractivity contribution in [3.63, 3.8) is 0 Å². The highest BCUT2D eigenvalue weighted by molar-refractivity contribution is 5.99. The molecule has 0 radical (unpaired) electrons. The van der Waals surface area contributed by atoms with E-state index in [4.69, 9.17) is 9.47 Å². The smallest absolute Gasteiger partial charge is 0.274 e. The van der Waals surface area contributed by atoms with Gasteiger partial charge in [-0.15, -0.1) is 0 Å². The molecule has 2 heterocycles. The average molecular weight is 552 g/mol. The van der Waals surface area contributed by atoms with Crippen LogP contribution >= 0.6 is 0 Å². The van der Waals surface area contributed by atoms with Gasteiger partial charge in [0.05, 0.1) is 12.1 Å². The minimum atomic E-state index is -0.812. The molecule has 3 aromatic rings. The highest BCUT2D eigenvalue weighted by Crippen LogP contribution is 2.54. The lowest BCUT2D eigenvalue weighted by Gasteiger charge is -2.40. The second-order valence-corrected chi connectivity index (χ2v) is 10.6. The van der Waals surface area contributed by atoms with E-state index in [1.54, 1.807) is 16.6 Å². The molecule has 1 spiro atoms. The molecule has 2 amide bonds. The van der Waals surface area contributed by atoms with Gasteiger partial charge in [-0.05, 0) is 31.9 Å². The Bertz CT molecular complexity index is 1510. The van der Waals surface area contributed by atoms with Gasteiger partial charge in [0.25, 0.3) is 11.8 Å². The summed E-state index contributed by atoms with van der Waals surface area (Å²) in [6.45, 7) is 4.41. The fourth-order valence-electron chi connectivity index (χ4n) is 5.37. The molecule has 2 aliphatic rings. The van der Waals surface area contributed by atoms with E-state index in [1.165, 1.54) is 12.3 Å². The summed E-state index contributed by atoms with van der Waals surface area (Å²) in [5.41, 5.74) is -0.597. The molecule has 1 aliphatic heterocycles. The maximum Gasteiger partial charge on any atom is 0.274 e. The van der Waals surface area contributed by atoms with Gasteiger partial charge < -0.3 is 24.3 Å². The van der Waals surface area contributed by atoms with Crippen molar-refractivity contribution in [3.05, 3.63) is 99.0 Å². The molecule has 210 valence electrons. The van der Waals surface area contributed by atoms with Gasteiger partial charge in [-0.2, -0.15) is 0 Å². The molecule has 2 atom stereocenters. The fourth-order valence-corrected chi connectivity index (χ4v) is 5.37. The molecule has 0 bridgehead atoms. The summed E-state index contributed by atoms with van der Waals surface area (Å²) in [6.07, 6.45) is 2.10. The Morgan fingerprint density at radius 1 is 1.15 bits per heavy atom. The van der Waals surface area contributed by atoms with E-state index in [0.29, 0.717) is 19.6 Å². The van der Waals surface area contributed by atoms with Crippen molar-refractivity contribution >= 4 is 11.8 Å². The number of methoxy groups -OCH3 is 1. The number of carbonyl (C=O) groups is 2. The molecule has 1 saturated carbocycles. The van der Waals surface area contributed by atoms with E-state index in [0.717, 1.165) is 17.7 Å². The number of benzene rings is 2. The minimum absolute atomic E-state index is 0.0123. The molecule has 10 heteroatoms. The van der Waals surface area contributed by atoms with Gasteiger partial charge in [-0.25, -0.2) is 8.78 Å². The van der Waals surface area contributed by atoms with Gasteiger partial charge in [-0.3, -0.25) is 14.4 Å². The monoisotopic (exact) mass is 551 g/mol. The molecule has 0 unspecified atom stereocenters. The lowest BCUT2D eigenvalue weighted by molar-refractivity contribution is 0.0539. The number of halogens is 2. The topological polar surface area (TPSA) is 89.9 Å². The van der Waals surface area contributed by atoms with Crippen molar-refractivity contribution < 1.29 is 27.8 Å². The number of ether oxygens (including phenoxy) is 2. The Morgan fingerprint density at radius 2 is 1.90 bits per heavy atom. The largest absolute Gasteiger partial charge is 0.483 e. The molecule has 1 N–H and O–H groups in total. The van der Waals surface area contributed by atoms with Gasteiger partial charge in [0.2, 0.25) is 5.43 Å². The van der Waals surface area contributed by atoms with Crippen LogP contribution in [0.2, 0.25) is 0 Å². The Labute approximate surface area is 230 Å². The third-order valence-corrected chi connectivity index (χ3v) is 7.67. The zero-order valence-corrected chi connectivity index (χ0v) is 22.6. The van der Waals surface area contributed by atoms with E-state index in [1.807, 2.05) is 44.2 Å². The molecule has 1 aromatic heterocycles. The van der Waals surface area contributed by atoms with Crippen molar-refractivity contribution in [2.24, 2.45) is 5.92 Å². The fraction of sp³-hybridized carbons (Fsp3) is 0.367. The molecule has 5 rings (SSSR count). The summed E-state index contributed by atoms with van der Waals surface area (Å²) >= 11 is 0. The number of nitrogens with zero attached hydrogens (tertiary/aromatic N) is 2. The molecule has 1 fully saturated rings. The second-order valence-electron chi connectivity index (χ2n) is 10.6. The summed E-state index contributed by atoms with van der Waals surface area (Å²) in [5, 5.41) is 2.56. The number of rotatable bonds is 9. The Hall–Kier alpha value is -4.05. The first-order valence-corrected chi connectivity index (χ1v) is 13.1. The number of hydrogen-bond acceptors (Lipinski definition) is 5. The first-order chi connectivity index (χ1) is 19.2. The van der Waals surface area contributed by atoms with Crippen LogP contribution in [0.25, 0.3) is 0 Å². The van der Waals surface area contributed by atoms with Crippen LogP contribution in [0, 0.1) is 17.6 Å². The molecule has 2 aromatic carbocycles. The van der Waals surface area contributed by atoms with Crippen LogP contribution in [0.1, 0.15) is 52.2 Å². The van der Waals surface area contributed by atoms with E-state index in [2.05, 4.69) is 5.32 Å². The highest BCUT2D eigenvalue weighted by atomic mass is 19.1. The van der Waals surface area contributed by atoms with Crippen LogP contribution < -0.4 is 15.5 Å². The Morgan fingerprint density at radius 3 is 2.58 bits per heavy atom. The van der Waals surface area contributed by atoms with Crippen molar-refractivity contribution in [2.75, 3.05) is 20.3 Å². The van der Waals surface area contributed by atoms with Gasteiger partial charge in [-0.1, -0.05) is 36.4 Å². The SMILES string of the molecule is COC[C@H]1C[C@]12CN(C(C)C)C(=O)c1c(OCc3ccccc3)c(=O)c(C(=O)NCc3ccc(F)cc3F)cn12. The lowest BCUT2D eigenvalue weighted by Crippen LogP contribution is -2.52. The van der Waals surface area contributed by atoms with E-state index in [-0.39, 0.29) is 53.6 Å². The molecule has 40 heavy (non-hydrogen) atoms. The quantitative estimate of drug-likeness (QED) is 0.436. The number of pyridine rings is 1. The maximum absolute atomic E-state index is 14.2. The van der Waals surface area contributed by atoms with E-state index >= 15 is 0 Å².